The minimum absolute atomic E-state index is 0.841. The third kappa shape index (κ3) is 3.08. The van der Waals surface area contributed by atoms with Gasteiger partial charge in [-0.3, -0.25) is 0 Å². The number of nitrogens with two attached hydrogens (primary N) is 1. The van der Waals surface area contributed by atoms with Crippen molar-refractivity contribution >= 4 is 11.4 Å². The molecule has 0 amide bonds. The highest BCUT2D eigenvalue weighted by molar-refractivity contribution is 5.68. The summed E-state index contributed by atoms with van der Waals surface area (Å²) in [4.78, 5) is 2.20. The molecule has 100 valence electrons. The van der Waals surface area contributed by atoms with E-state index in [1.165, 1.54) is 22.3 Å². The van der Waals surface area contributed by atoms with Gasteiger partial charge >= 0.3 is 0 Å². The molecule has 0 aromatic heterocycles. The van der Waals surface area contributed by atoms with E-state index in [9.17, 15) is 0 Å². The zero-order chi connectivity index (χ0) is 14.0. The highest BCUT2D eigenvalue weighted by Crippen LogP contribution is 2.25. The van der Waals surface area contributed by atoms with Crippen LogP contribution in [-0.4, -0.2) is 7.05 Å². The molecule has 2 aromatic rings. The summed E-state index contributed by atoms with van der Waals surface area (Å²) in [6.45, 7) is 7.22. The maximum absolute atomic E-state index is 6.10. The van der Waals surface area contributed by atoms with Gasteiger partial charge in [0, 0.05) is 13.6 Å². The van der Waals surface area contributed by atoms with Crippen molar-refractivity contribution in [1.29, 1.82) is 0 Å². The highest BCUT2D eigenvalue weighted by Gasteiger charge is 2.08. The van der Waals surface area contributed by atoms with Crippen molar-refractivity contribution in [3.05, 3.63) is 58.7 Å². The van der Waals surface area contributed by atoms with Crippen LogP contribution in [0.15, 0.2) is 36.4 Å². The third-order valence-corrected chi connectivity index (χ3v) is 3.51. The molecule has 0 aliphatic rings. The number of aryl methyl sites for hydroxylation is 3. The van der Waals surface area contributed by atoms with Gasteiger partial charge in [0.25, 0.3) is 0 Å². The molecule has 0 saturated carbocycles. The Morgan fingerprint density at radius 3 is 2.26 bits per heavy atom. The smallest absolute Gasteiger partial charge is 0.0600 e. The van der Waals surface area contributed by atoms with E-state index in [4.69, 9.17) is 5.73 Å². The maximum Gasteiger partial charge on any atom is 0.0600 e. The third-order valence-electron chi connectivity index (χ3n) is 3.51. The molecule has 2 aromatic carbocycles. The van der Waals surface area contributed by atoms with E-state index in [-0.39, 0.29) is 0 Å². The van der Waals surface area contributed by atoms with E-state index >= 15 is 0 Å². The van der Waals surface area contributed by atoms with Gasteiger partial charge in [-0.05, 0) is 49.6 Å². The average Bonchev–Trinajstić information content (AvgIpc) is 2.33. The second kappa shape index (κ2) is 5.35. The number of hydrogen-bond donors (Lipinski definition) is 1. The summed E-state index contributed by atoms with van der Waals surface area (Å²) in [5, 5.41) is 0. The van der Waals surface area contributed by atoms with Gasteiger partial charge in [0.2, 0.25) is 0 Å². The summed E-state index contributed by atoms with van der Waals surface area (Å²) in [7, 11) is 2.09. The normalized spacial score (nSPS) is 10.5. The van der Waals surface area contributed by atoms with Crippen LogP contribution in [0.4, 0.5) is 11.4 Å². The fraction of sp³-hybridized carbons (Fsp3) is 0.294. The Balaban J connectivity index is 2.25. The van der Waals surface area contributed by atoms with Gasteiger partial charge in [-0.2, -0.15) is 0 Å². The largest absolute Gasteiger partial charge is 0.397 e. The zero-order valence-corrected chi connectivity index (χ0v) is 12.2. The Kier molecular flexibility index (Phi) is 3.79. The van der Waals surface area contributed by atoms with Crippen molar-refractivity contribution in [2.45, 2.75) is 27.3 Å². The van der Waals surface area contributed by atoms with Crippen LogP contribution in [0, 0.1) is 20.8 Å². The maximum atomic E-state index is 6.10. The molecular formula is C17H22N2. The van der Waals surface area contributed by atoms with E-state index in [1.807, 2.05) is 6.07 Å². The second-order valence-electron chi connectivity index (χ2n) is 5.35. The van der Waals surface area contributed by atoms with Gasteiger partial charge in [0.15, 0.2) is 0 Å². The number of benzene rings is 2. The van der Waals surface area contributed by atoms with Crippen LogP contribution in [0.5, 0.6) is 0 Å². The van der Waals surface area contributed by atoms with Crippen molar-refractivity contribution < 1.29 is 0 Å². The molecule has 0 spiro atoms. The molecular weight excluding hydrogens is 232 g/mol. The predicted octanol–water partition coefficient (Wildman–Crippen LogP) is 3.83. The minimum Gasteiger partial charge on any atom is -0.397 e. The molecule has 0 atom stereocenters. The van der Waals surface area contributed by atoms with Gasteiger partial charge in [-0.1, -0.05) is 29.8 Å². The fourth-order valence-electron chi connectivity index (χ4n) is 2.33. The van der Waals surface area contributed by atoms with E-state index in [0.717, 1.165) is 17.9 Å². The molecule has 0 unspecified atom stereocenters. The van der Waals surface area contributed by atoms with Crippen molar-refractivity contribution in [2.75, 3.05) is 17.7 Å². The van der Waals surface area contributed by atoms with E-state index in [2.05, 4.69) is 63.1 Å². The van der Waals surface area contributed by atoms with E-state index < -0.39 is 0 Å². The van der Waals surface area contributed by atoms with Crippen molar-refractivity contribution in [2.24, 2.45) is 0 Å². The Labute approximate surface area is 115 Å². The van der Waals surface area contributed by atoms with Crippen molar-refractivity contribution in [1.82, 2.24) is 0 Å². The first-order valence-electron chi connectivity index (χ1n) is 6.61. The van der Waals surface area contributed by atoms with Gasteiger partial charge in [0.1, 0.15) is 0 Å². The van der Waals surface area contributed by atoms with Crippen molar-refractivity contribution in [3.63, 3.8) is 0 Å². The molecule has 0 bridgehead atoms. The standard InChI is InChI=1S/C17H22N2/c1-12-5-7-14(3)15(9-12)11-19(4)17-8-6-13(2)10-16(17)18/h5-10H,11,18H2,1-4H3. The SMILES string of the molecule is Cc1ccc(N(C)Cc2cc(C)ccc2C)c(N)c1. The number of nitrogen functional groups attached to an aromatic ring is 1. The highest BCUT2D eigenvalue weighted by atomic mass is 15.1. The Hall–Kier alpha value is -1.96. The summed E-state index contributed by atoms with van der Waals surface area (Å²) in [5.41, 5.74) is 13.2. The molecule has 0 saturated heterocycles. The molecule has 19 heavy (non-hydrogen) atoms. The van der Waals surface area contributed by atoms with E-state index in [1.54, 1.807) is 0 Å². The molecule has 0 fully saturated rings. The lowest BCUT2D eigenvalue weighted by molar-refractivity contribution is 0.914. The Bertz CT molecular complexity index is 588. The molecule has 0 aliphatic heterocycles. The average molecular weight is 254 g/mol. The minimum atomic E-state index is 0.841. The fourth-order valence-corrected chi connectivity index (χ4v) is 2.33. The molecule has 0 aliphatic carbocycles. The molecule has 2 nitrogen and oxygen atoms in total. The first-order chi connectivity index (χ1) is 8.97. The summed E-state index contributed by atoms with van der Waals surface area (Å²) < 4.78 is 0. The molecule has 2 N–H and O–H groups in total. The Morgan fingerprint density at radius 2 is 1.58 bits per heavy atom. The first-order valence-corrected chi connectivity index (χ1v) is 6.61. The van der Waals surface area contributed by atoms with Crippen LogP contribution in [0.2, 0.25) is 0 Å². The van der Waals surface area contributed by atoms with Crippen LogP contribution in [-0.2, 0) is 6.54 Å². The lowest BCUT2D eigenvalue weighted by atomic mass is 10.0. The Morgan fingerprint density at radius 1 is 0.947 bits per heavy atom. The lowest BCUT2D eigenvalue weighted by Gasteiger charge is -2.22. The van der Waals surface area contributed by atoms with Gasteiger partial charge in [-0.25, -0.2) is 0 Å². The van der Waals surface area contributed by atoms with Gasteiger partial charge < -0.3 is 10.6 Å². The number of hydrogen-bond acceptors (Lipinski definition) is 2. The lowest BCUT2D eigenvalue weighted by Crippen LogP contribution is -2.18. The van der Waals surface area contributed by atoms with Crippen LogP contribution in [0.1, 0.15) is 22.3 Å². The summed E-state index contributed by atoms with van der Waals surface area (Å²) in [6.07, 6.45) is 0. The first kappa shape index (κ1) is 13.5. The predicted molar refractivity (Wildman–Crippen MR) is 83.6 cm³/mol. The van der Waals surface area contributed by atoms with Gasteiger partial charge in [0.05, 0.1) is 11.4 Å². The number of nitrogens with zero attached hydrogens (tertiary/aromatic N) is 1. The van der Waals surface area contributed by atoms with Crippen LogP contribution in [0.25, 0.3) is 0 Å². The monoisotopic (exact) mass is 254 g/mol. The topological polar surface area (TPSA) is 29.3 Å². The summed E-state index contributed by atoms with van der Waals surface area (Å²) in [5.74, 6) is 0. The van der Waals surface area contributed by atoms with E-state index in [0.29, 0.717) is 0 Å². The van der Waals surface area contributed by atoms with Crippen molar-refractivity contribution in [3.8, 4) is 0 Å². The quantitative estimate of drug-likeness (QED) is 0.843. The van der Waals surface area contributed by atoms with Crippen LogP contribution in [0.3, 0.4) is 0 Å². The molecule has 0 radical (unpaired) electrons. The molecule has 2 rings (SSSR count). The van der Waals surface area contributed by atoms with Crippen LogP contribution >= 0.6 is 0 Å². The number of rotatable bonds is 3. The molecule has 0 heterocycles. The summed E-state index contributed by atoms with van der Waals surface area (Å²) in [6, 6.07) is 12.8. The second-order valence-corrected chi connectivity index (χ2v) is 5.35. The number of anilines is 2. The van der Waals surface area contributed by atoms with Crippen LogP contribution < -0.4 is 10.6 Å². The summed E-state index contributed by atoms with van der Waals surface area (Å²) >= 11 is 0. The van der Waals surface area contributed by atoms with Gasteiger partial charge in [-0.15, -0.1) is 0 Å². The molecule has 2 heteroatoms. The zero-order valence-electron chi connectivity index (χ0n) is 12.2.